The lowest BCUT2D eigenvalue weighted by atomic mass is 9.79. The molecule has 1 aliphatic carbocycles. The van der Waals surface area contributed by atoms with Crippen LogP contribution in [0.3, 0.4) is 0 Å². The van der Waals surface area contributed by atoms with Gasteiger partial charge in [-0.2, -0.15) is 0 Å². The number of ketones is 1. The Morgan fingerprint density at radius 2 is 1.82 bits per heavy atom. The zero-order valence-corrected chi connectivity index (χ0v) is 19.1. The van der Waals surface area contributed by atoms with Gasteiger partial charge >= 0.3 is 5.97 Å². The molecule has 1 heterocycles. The molecular formula is C27H27NO5. The number of nitrogens with one attached hydrogen (secondary N) is 1. The Morgan fingerprint density at radius 1 is 1.06 bits per heavy atom. The fourth-order valence-corrected chi connectivity index (χ4v) is 4.38. The second kappa shape index (κ2) is 9.36. The van der Waals surface area contributed by atoms with Gasteiger partial charge in [0.1, 0.15) is 6.61 Å². The third-order valence-electron chi connectivity index (χ3n) is 5.70. The molecule has 0 spiro atoms. The van der Waals surface area contributed by atoms with Crippen LogP contribution in [0.25, 0.3) is 5.70 Å². The van der Waals surface area contributed by atoms with Gasteiger partial charge in [0, 0.05) is 28.3 Å². The summed E-state index contributed by atoms with van der Waals surface area (Å²) in [5.41, 5.74) is 4.55. The first kappa shape index (κ1) is 22.4. The SMILES string of the molecule is C=CCOc1ccc([C@@H]2C(C(=O)OCC)=C(C)NC3=C2C(=O)c2ccccc23)cc1OCC. The van der Waals surface area contributed by atoms with Crippen LogP contribution in [0, 0.1) is 0 Å². The summed E-state index contributed by atoms with van der Waals surface area (Å²) in [5, 5.41) is 3.30. The molecule has 1 atom stereocenters. The maximum atomic E-state index is 13.5. The summed E-state index contributed by atoms with van der Waals surface area (Å²) >= 11 is 0. The van der Waals surface area contributed by atoms with Crippen molar-refractivity contribution in [3.8, 4) is 11.5 Å². The van der Waals surface area contributed by atoms with Crippen LogP contribution in [0.2, 0.25) is 0 Å². The van der Waals surface area contributed by atoms with Gasteiger partial charge in [0.25, 0.3) is 0 Å². The lowest BCUT2D eigenvalue weighted by Crippen LogP contribution is -2.29. The largest absolute Gasteiger partial charge is 0.490 e. The van der Waals surface area contributed by atoms with Crippen LogP contribution in [-0.2, 0) is 9.53 Å². The summed E-state index contributed by atoms with van der Waals surface area (Å²) < 4.78 is 16.9. The van der Waals surface area contributed by atoms with Crippen molar-refractivity contribution in [2.24, 2.45) is 0 Å². The van der Waals surface area contributed by atoms with Crippen LogP contribution >= 0.6 is 0 Å². The molecule has 1 N–H and O–H groups in total. The van der Waals surface area contributed by atoms with Crippen LogP contribution < -0.4 is 14.8 Å². The van der Waals surface area contributed by atoms with Gasteiger partial charge < -0.3 is 19.5 Å². The Labute approximate surface area is 193 Å². The fraction of sp³-hybridized carbons (Fsp3) is 0.259. The number of esters is 1. The fourth-order valence-electron chi connectivity index (χ4n) is 4.38. The van der Waals surface area contributed by atoms with Crippen molar-refractivity contribution in [2.45, 2.75) is 26.7 Å². The highest BCUT2D eigenvalue weighted by molar-refractivity contribution is 6.23. The quantitative estimate of drug-likeness (QED) is 0.466. The third-order valence-corrected chi connectivity index (χ3v) is 5.70. The normalized spacial score (nSPS) is 16.7. The molecule has 0 unspecified atom stereocenters. The molecule has 0 saturated carbocycles. The van der Waals surface area contributed by atoms with Crippen LogP contribution in [0.15, 0.2) is 72.0 Å². The van der Waals surface area contributed by atoms with Gasteiger partial charge in [-0.05, 0) is 38.5 Å². The minimum Gasteiger partial charge on any atom is -0.490 e. The van der Waals surface area contributed by atoms with Gasteiger partial charge in [-0.3, -0.25) is 4.79 Å². The van der Waals surface area contributed by atoms with Gasteiger partial charge in [-0.15, -0.1) is 0 Å². The number of allylic oxidation sites excluding steroid dienone is 2. The van der Waals surface area contributed by atoms with Crippen molar-refractivity contribution in [3.05, 3.63) is 88.7 Å². The first-order valence-electron chi connectivity index (χ1n) is 11.0. The Kier molecular flexibility index (Phi) is 6.36. The molecule has 4 rings (SSSR count). The van der Waals surface area contributed by atoms with Crippen LogP contribution in [0.1, 0.15) is 48.2 Å². The molecule has 2 aromatic rings. The van der Waals surface area contributed by atoms with E-state index in [-0.39, 0.29) is 12.4 Å². The van der Waals surface area contributed by atoms with Crippen molar-refractivity contribution in [1.82, 2.24) is 5.32 Å². The molecule has 0 amide bonds. The van der Waals surface area contributed by atoms with Gasteiger partial charge in [-0.25, -0.2) is 4.79 Å². The molecule has 0 aromatic heterocycles. The summed E-state index contributed by atoms with van der Waals surface area (Å²) in [6, 6.07) is 13.0. The first-order chi connectivity index (χ1) is 16.0. The second-order valence-electron chi connectivity index (χ2n) is 7.72. The number of hydrogen-bond acceptors (Lipinski definition) is 6. The zero-order chi connectivity index (χ0) is 23.5. The highest BCUT2D eigenvalue weighted by Crippen LogP contribution is 2.48. The molecule has 6 heteroatoms. The summed E-state index contributed by atoms with van der Waals surface area (Å²) in [7, 11) is 0. The van der Waals surface area contributed by atoms with Crippen LogP contribution in [0.4, 0.5) is 0 Å². The average Bonchev–Trinajstić information content (AvgIpc) is 3.09. The summed E-state index contributed by atoms with van der Waals surface area (Å²) in [4.78, 5) is 26.6. The van der Waals surface area contributed by atoms with Crippen molar-refractivity contribution >= 4 is 17.4 Å². The van der Waals surface area contributed by atoms with Crippen molar-refractivity contribution in [3.63, 3.8) is 0 Å². The Morgan fingerprint density at radius 3 is 2.52 bits per heavy atom. The van der Waals surface area contributed by atoms with E-state index in [9.17, 15) is 9.59 Å². The van der Waals surface area contributed by atoms with E-state index in [0.717, 1.165) is 16.8 Å². The number of benzene rings is 2. The van der Waals surface area contributed by atoms with Gasteiger partial charge in [0.05, 0.1) is 24.5 Å². The number of hydrogen-bond donors (Lipinski definition) is 1. The molecule has 2 aromatic carbocycles. The zero-order valence-electron chi connectivity index (χ0n) is 19.1. The molecule has 6 nitrogen and oxygen atoms in total. The Balaban J connectivity index is 1.89. The van der Waals surface area contributed by atoms with Crippen LogP contribution in [-0.4, -0.2) is 31.6 Å². The molecular weight excluding hydrogens is 418 g/mol. The number of carbonyl (C=O) groups is 2. The minimum atomic E-state index is -0.604. The highest BCUT2D eigenvalue weighted by atomic mass is 16.5. The van der Waals surface area contributed by atoms with E-state index in [1.807, 2.05) is 50.2 Å². The number of carbonyl (C=O) groups excluding carboxylic acids is 2. The molecule has 0 bridgehead atoms. The van der Waals surface area contributed by atoms with E-state index in [0.29, 0.717) is 47.1 Å². The molecule has 0 saturated heterocycles. The number of rotatable bonds is 8. The Bertz CT molecular complexity index is 1190. The summed E-state index contributed by atoms with van der Waals surface area (Å²) in [6.45, 7) is 10.2. The van der Waals surface area contributed by atoms with E-state index in [1.165, 1.54) is 0 Å². The predicted molar refractivity (Wildman–Crippen MR) is 126 cm³/mol. The predicted octanol–water partition coefficient (Wildman–Crippen LogP) is 4.78. The average molecular weight is 446 g/mol. The van der Waals surface area contributed by atoms with E-state index in [1.54, 1.807) is 19.1 Å². The lowest BCUT2D eigenvalue weighted by molar-refractivity contribution is -0.138. The molecule has 0 fully saturated rings. The van der Waals surface area contributed by atoms with Crippen molar-refractivity contribution in [2.75, 3.05) is 19.8 Å². The summed E-state index contributed by atoms with van der Waals surface area (Å²) in [6.07, 6.45) is 1.66. The molecule has 1 aliphatic heterocycles. The lowest BCUT2D eigenvalue weighted by Gasteiger charge is -2.29. The van der Waals surface area contributed by atoms with Gasteiger partial charge in [0.2, 0.25) is 0 Å². The second-order valence-corrected chi connectivity index (χ2v) is 7.72. The maximum Gasteiger partial charge on any atom is 0.336 e. The van der Waals surface area contributed by atoms with Gasteiger partial charge in [-0.1, -0.05) is 43.0 Å². The third kappa shape index (κ3) is 3.93. The molecule has 170 valence electrons. The topological polar surface area (TPSA) is 73.9 Å². The maximum absolute atomic E-state index is 13.5. The van der Waals surface area contributed by atoms with Crippen LogP contribution in [0.5, 0.6) is 11.5 Å². The van der Waals surface area contributed by atoms with E-state index in [4.69, 9.17) is 14.2 Å². The van der Waals surface area contributed by atoms with Crippen molar-refractivity contribution in [1.29, 1.82) is 0 Å². The standard InChI is InChI=1S/C27H27NO5/c1-5-14-33-20-13-12-17(15-21(20)31-6-2)23-22(27(30)32-7-3)16(4)28-25-18-10-8-9-11-19(18)26(29)24(23)25/h5,8-13,15,23,28H,1,6-7,14H2,2-4H3/t23-/m1/s1. The number of fused-ring (bicyclic) bond motifs is 2. The Hall–Kier alpha value is -3.80. The number of dihydropyridines is 1. The first-order valence-corrected chi connectivity index (χ1v) is 11.0. The molecule has 2 aliphatic rings. The van der Waals surface area contributed by atoms with E-state index in [2.05, 4.69) is 11.9 Å². The summed E-state index contributed by atoms with van der Waals surface area (Å²) in [5.74, 6) is -0.0395. The monoisotopic (exact) mass is 445 g/mol. The van der Waals surface area contributed by atoms with E-state index < -0.39 is 11.9 Å². The molecule has 0 radical (unpaired) electrons. The number of ether oxygens (including phenoxy) is 3. The minimum absolute atomic E-state index is 0.0997. The van der Waals surface area contributed by atoms with Crippen molar-refractivity contribution < 1.29 is 23.8 Å². The molecule has 33 heavy (non-hydrogen) atoms. The van der Waals surface area contributed by atoms with E-state index >= 15 is 0 Å². The highest BCUT2D eigenvalue weighted by Gasteiger charge is 2.43. The van der Waals surface area contributed by atoms with Gasteiger partial charge in [0.15, 0.2) is 17.3 Å². The smallest absolute Gasteiger partial charge is 0.336 e. The number of Topliss-reactive ketones (excluding diaryl/α,β-unsaturated/α-hetero) is 1.